The molecule has 9 nitrogen and oxygen atoms in total. The Kier molecular flexibility index (Phi) is 7.72. The number of carbonyl (C=O) groups excluding carboxylic acids is 3. The largest absolute Gasteiger partial charge is 0.312 e. The van der Waals surface area contributed by atoms with Gasteiger partial charge >= 0.3 is 0 Å². The Hall–Kier alpha value is -2.95. The number of carbonyl (C=O) groups is 3. The summed E-state index contributed by atoms with van der Waals surface area (Å²) < 4.78 is 26.7. The third kappa shape index (κ3) is 5.52. The Labute approximate surface area is 197 Å². The van der Waals surface area contributed by atoms with Crippen molar-refractivity contribution in [3.05, 3.63) is 59.1 Å². The molecule has 0 aromatic heterocycles. The first-order valence-corrected chi connectivity index (χ1v) is 12.3. The minimum absolute atomic E-state index is 0.00812. The van der Waals surface area contributed by atoms with Crippen LogP contribution in [0.25, 0.3) is 0 Å². The Balaban J connectivity index is 1.63. The lowest BCUT2D eigenvalue weighted by Gasteiger charge is -2.19. The molecule has 0 spiro atoms. The lowest BCUT2D eigenvalue weighted by molar-refractivity contribution is -0.126. The molecule has 1 atom stereocenters. The lowest BCUT2D eigenvalue weighted by Crippen LogP contribution is -2.45. The summed E-state index contributed by atoms with van der Waals surface area (Å²) in [6.45, 7) is 4.22. The number of anilines is 1. The Bertz CT molecular complexity index is 1170. The van der Waals surface area contributed by atoms with Gasteiger partial charge in [-0.3, -0.25) is 25.2 Å². The maximum Gasteiger partial charge on any atom is 0.269 e. The summed E-state index contributed by atoms with van der Waals surface area (Å²) in [7, 11) is -3.73. The minimum Gasteiger partial charge on any atom is -0.312 e. The Morgan fingerprint density at radius 2 is 1.79 bits per heavy atom. The fraction of sp³-hybridized carbons (Fsp3) is 0.318. The minimum atomic E-state index is -3.73. The molecule has 11 heteroatoms. The summed E-state index contributed by atoms with van der Waals surface area (Å²) in [4.78, 5) is 38.9. The van der Waals surface area contributed by atoms with Gasteiger partial charge in [0.25, 0.3) is 5.91 Å². The standard InChI is InChI=1S/C22H25ClN4O5S/c1-3-26(4-2)33(31,32)19-10-5-7-15(11-19)21(29)24-25-22(30)16-12-20(28)27(14-16)18-9-6-8-17(23)13-18/h5-11,13,16H,3-4,12,14H2,1-2H3,(H,24,29)(H,25,30). The molecule has 0 radical (unpaired) electrons. The van der Waals surface area contributed by atoms with Crippen molar-refractivity contribution in [2.24, 2.45) is 5.92 Å². The summed E-state index contributed by atoms with van der Waals surface area (Å²) in [5.41, 5.74) is 5.29. The van der Waals surface area contributed by atoms with Gasteiger partial charge in [-0.25, -0.2) is 8.42 Å². The van der Waals surface area contributed by atoms with Crippen molar-refractivity contribution in [1.82, 2.24) is 15.2 Å². The van der Waals surface area contributed by atoms with Crippen LogP contribution in [0.3, 0.4) is 0 Å². The third-order valence-corrected chi connectivity index (χ3v) is 7.64. The van der Waals surface area contributed by atoms with Crippen molar-refractivity contribution in [1.29, 1.82) is 0 Å². The zero-order valence-corrected chi connectivity index (χ0v) is 19.8. The number of rotatable bonds is 7. The SMILES string of the molecule is CCN(CC)S(=O)(=O)c1cccc(C(=O)NNC(=O)C2CC(=O)N(c3cccc(Cl)c3)C2)c1. The van der Waals surface area contributed by atoms with Gasteiger partial charge in [-0.1, -0.05) is 37.6 Å². The second-order valence-electron chi connectivity index (χ2n) is 7.45. The van der Waals surface area contributed by atoms with Crippen LogP contribution < -0.4 is 15.8 Å². The van der Waals surface area contributed by atoms with Gasteiger partial charge < -0.3 is 4.90 Å². The molecule has 3 amide bonds. The molecule has 2 aromatic carbocycles. The fourth-order valence-corrected chi connectivity index (χ4v) is 5.27. The summed E-state index contributed by atoms with van der Waals surface area (Å²) in [6.07, 6.45) is -0.00812. The van der Waals surface area contributed by atoms with Gasteiger partial charge in [0.1, 0.15) is 0 Å². The van der Waals surface area contributed by atoms with Crippen molar-refractivity contribution in [3.8, 4) is 0 Å². The molecule has 0 saturated carbocycles. The average molecular weight is 493 g/mol. The molecule has 2 aromatic rings. The number of hydrazine groups is 1. The van der Waals surface area contributed by atoms with Crippen molar-refractivity contribution in [2.45, 2.75) is 25.2 Å². The van der Waals surface area contributed by atoms with E-state index in [1.807, 2.05) is 0 Å². The highest BCUT2D eigenvalue weighted by Crippen LogP contribution is 2.27. The first kappa shape index (κ1) is 24.7. The smallest absolute Gasteiger partial charge is 0.269 e. The molecule has 0 bridgehead atoms. The highest BCUT2D eigenvalue weighted by Gasteiger charge is 2.35. The van der Waals surface area contributed by atoms with E-state index in [0.29, 0.717) is 23.8 Å². The van der Waals surface area contributed by atoms with E-state index in [1.165, 1.54) is 33.5 Å². The molecule has 1 aliphatic heterocycles. The predicted octanol–water partition coefficient (Wildman–Crippen LogP) is 2.18. The second-order valence-corrected chi connectivity index (χ2v) is 9.82. The van der Waals surface area contributed by atoms with Crippen LogP contribution in [-0.2, 0) is 19.6 Å². The molecular formula is C22H25ClN4O5S. The number of hydrogen-bond acceptors (Lipinski definition) is 5. The van der Waals surface area contributed by atoms with Gasteiger partial charge in [0.05, 0.1) is 10.8 Å². The predicted molar refractivity (Wildman–Crippen MR) is 124 cm³/mol. The monoisotopic (exact) mass is 492 g/mol. The first-order valence-electron chi connectivity index (χ1n) is 10.4. The van der Waals surface area contributed by atoms with E-state index in [1.54, 1.807) is 38.1 Å². The van der Waals surface area contributed by atoms with Crippen molar-refractivity contribution >= 4 is 45.0 Å². The number of halogens is 1. The van der Waals surface area contributed by atoms with E-state index in [2.05, 4.69) is 10.9 Å². The topological polar surface area (TPSA) is 116 Å². The number of nitrogens with one attached hydrogen (secondary N) is 2. The van der Waals surface area contributed by atoms with E-state index >= 15 is 0 Å². The average Bonchev–Trinajstić information content (AvgIpc) is 3.19. The zero-order chi connectivity index (χ0) is 24.2. The zero-order valence-electron chi connectivity index (χ0n) is 18.2. The number of nitrogens with zero attached hydrogens (tertiary/aromatic N) is 2. The number of sulfonamides is 1. The van der Waals surface area contributed by atoms with Crippen molar-refractivity contribution < 1.29 is 22.8 Å². The maximum atomic E-state index is 12.7. The highest BCUT2D eigenvalue weighted by molar-refractivity contribution is 7.89. The van der Waals surface area contributed by atoms with E-state index < -0.39 is 27.8 Å². The van der Waals surface area contributed by atoms with E-state index in [-0.39, 0.29) is 29.3 Å². The molecule has 3 rings (SSSR count). The molecule has 1 fully saturated rings. The molecule has 1 heterocycles. The van der Waals surface area contributed by atoms with Gasteiger partial charge in [-0.2, -0.15) is 4.31 Å². The molecule has 2 N–H and O–H groups in total. The van der Waals surface area contributed by atoms with Crippen LogP contribution in [0.15, 0.2) is 53.4 Å². The van der Waals surface area contributed by atoms with E-state index in [9.17, 15) is 22.8 Å². The summed E-state index contributed by atoms with van der Waals surface area (Å²) in [6, 6.07) is 12.4. The molecule has 176 valence electrons. The number of benzene rings is 2. The van der Waals surface area contributed by atoms with Gasteiger partial charge in [-0.15, -0.1) is 0 Å². The second kappa shape index (κ2) is 10.3. The van der Waals surface area contributed by atoms with Crippen LogP contribution in [-0.4, -0.2) is 50.1 Å². The van der Waals surface area contributed by atoms with Crippen LogP contribution >= 0.6 is 11.6 Å². The molecule has 33 heavy (non-hydrogen) atoms. The normalized spacial score (nSPS) is 16.2. The highest BCUT2D eigenvalue weighted by atomic mass is 35.5. The van der Waals surface area contributed by atoms with Gasteiger partial charge in [0.2, 0.25) is 21.8 Å². The van der Waals surface area contributed by atoms with Crippen LogP contribution in [0.1, 0.15) is 30.6 Å². The lowest BCUT2D eigenvalue weighted by atomic mass is 10.1. The molecular weight excluding hydrogens is 468 g/mol. The summed E-state index contributed by atoms with van der Waals surface area (Å²) in [5, 5.41) is 0.478. The van der Waals surface area contributed by atoms with E-state index in [4.69, 9.17) is 11.6 Å². The van der Waals surface area contributed by atoms with Crippen LogP contribution in [0, 0.1) is 5.92 Å². The summed E-state index contributed by atoms with van der Waals surface area (Å²) in [5.74, 6) is -2.08. The Morgan fingerprint density at radius 3 is 2.45 bits per heavy atom. The quantitative estimate of drug-likeness (QED) is 0.575. The molecule has 1 aliphatic rings. The molecule has 1 saturated heterocycles. The van der Waals surface area contributed by atoms with Crippen LogP contribution in [0.2, 0.25) is 5.02 Å². The first-order chi connectivity index (χ1) is 15.7. The molecule has 0 aliphatic carbocycles. The van der Waals surface area contributed by atoms with Gasteiger partial charge in [0.15, 0.2) is 0 Å². The molecule has 1 unspecified atom stereocenters. The van der Waals surface area contributed by atoms with Gasteiger partial charge in [-0.05, 0) is 36.4 Å². The van der Waals surface area contributed by atoms with Crippen molar-refractivity contribution in [2.75, 3.05) is 24.5 Å². The fourth-order valence-electron chi connectivity index (χ4n) is 3.58. The van der Waals surface area contributed by atoms with Crippen LogP contribution in [0.4, 0.5) is 5.69 Å². The van der Waals surface area contributed by atoms with Crippen molar-refractivity contribution in [3.63, 3.8) is 0 Å². The Morgan fingerprint density at radius 1 is 1.09 bits per heavy atom. The third-order valence-electron chi connectivity index (χ3n) is 5.35. The maximum absolute atomic E-state index is 12.7. The van der Waals surface area contributed by atoms with Gasteiger partial charge in [0, 0.05) is 42.3 Å². The number of amides is 3. The van der Waals surface area contributed by atoms with Crippen LogP contribution in [0.5, 0.6) is 0 Å². The number of hydrogen-bond donors (Lipinski definition) is 2. The summed E-state index contributed by atoms with van der Waals surface area (Å²) >= 11 is 5.98. The van der Waals surface area contributed by atoms with E-state index in [0.717, 1.165) is 0 Å².